The molecule has 0 amide bonds. The predicted molar refractivity (Wildman–Crippen MR) is 77.5 cm³/mol. The average molecular weight is 257 g/mol. The van der Waals surface area contributed by atoms with Crippen LogP contribution in [-0.4, -0.2) is 23.3 Å². The van der Waals surface area contributed by atoms with Crippen molar-refractivity contribution in [3.8, 4) is 0 Å². The molecule has 19 heavy (non-hydrogen) atoms. The van der Waals surface area contributed by atoms with E-state index in [-0.39, 0.29) is 12.2 Å². The van der Waals surface area contributed by atoms with E-state index in [0.29, 0.717) is 11.0 Å². The van der Waals surface area contributed by atoms with Gasteiger partial charge in [0.15, 0.2) is 0 Å². The molecule has 0 radical (unpaired) electrons. The molecule has 98 valence electrons. The molecule has 1 fully saturated rings. The maximum absolute atomic E-state index is 7.98. The van der Waals surface area contributed by atoms with Crippen molar-refractivity contribution in [2.24, 2.45) is 0 Å². The Balaban J connectivity index is 2.17. The smallest absolute Gasteiger partial charge is 0.398 e. The van der Waals surface area contributed by atoms with E-state index in [0.717, 1.165) is 5.39 Å². The Hall–Kier alpha value is -1.39. The highest BCUT2D eigenvalue weighted by atomic mass is 16.7. The van der Waals surface area contributed by atoms with Crippen LogP contribution < -0.4 is 5.59 Å². The van der Waals surface area contributed by atoms with Gasteiger partial charge in [0, 0.05) is 6.17 Å². The molecule has 0 saturated carbocycles. The summed E-state index contributed by atoms with van der Waals surface area (Å²) in [6.45, 7) is 7.93. The monoisotopic (exact) mass is 257 g/mol. The standard InChI is InChI=1S/C15H18BNO2/c1-14(2)15(3,4)19-16(18-14)13-12-8-6-5-7-11(12)9-10-17-13/h5-10H,1-4H3/i9D,10D. The summed E-state index contributed by atoms with van der Waals surface area (Å²) in [4.78, 5) is 4.24. The summed E-state index contributed by atoms with van der Waals surface area (Å²) in [6.07, 6.45) is -0.0570. The summed E-state index contributed by atoms with van der Waals surface area (Å²) >= 11 is 0. The number of benzene rings is 1. The number of fused-ring (bicyclic) bond motifs is 1. The zero-order valence-electron chi connectivity index (χ0n) is 13.7. The van der Waals surface area contributed by atoms with Crippen molar-refractivity contribution in [1.29, 1.82) is 0 Å². The molecule has 4 heteroatoms. The van der Waals surface area contributed by atoms with E-state index in [9.17, 15) is 0 Å². The van der Waals surface area contributed by atoms with Gasteiger partial charge in [-0.15, -0.1) is 0 Å². The van der Waals surface area contributed by atoms with Gasteiger partial charge in [0.05, 0.1) is 19.5 Å². The fraction of sp³-hybridized carbons (Fsp3) is 0.400. The zero-order valence-corrected chi connectivity index (χ0v) is 11.7. The van der Waals surface area contributed by atoms with Gasteiger partial charge in [0.2, 0.25) is 0 Å². The number of nitrogens with zero attached hydrogens (tertiary/aromatic N) is 1. The largest absolute Gasteiger partial charge is 0.515 e. The topological polar surface area (TPSA) is 31.4 Å². The molecule has 2 aromatic rings. The van der Waals surface area contributed by atoms with Crippen molar-refractivity contribution in [2.75, 3.05) is 0 Å². The summed E-state index contributed by atoms with van der Waals surface area (Å²) in [5.74, 6) is 0. The molecule has 1 aliphatic rings. The maximum atomic E-state index is 7.98. The fourth-order valence-corrected chi connectivity index (χ4v) is 2.16. The molecule has 2 heterocycles. The highest BCUT2D eigenvalue weighted by Crippen LogP contribution is 2.36. The van der Waals surface area contributed by atoms with Gasteiger partial charge in [0.1, 0.15) is 0 Å². The van der Waals surface area contributed by atoms with Crippen LogP contribution in [-0.2, 0) is 9.31 Å². The minimum atomic E-state index is -0.621. The zero-order chi connectivity index (χ0) is 15.4. The first-order valence-corrected chi connectivity index (χ1v) is 6.44. The van der Waals surface area contributed by atoms with E-state index >= 15 is 0 Å². The molecule has 1 aliphatic heterocycles. The molecule has 3 rings (SSSR count). The molecule has 1 aromatic heterocycles. The predicted octanol–water partition coefficient (Wildman–Crippen LogP) is 2.53. The molecule has 0 atom stereocenters. The first-order chi connectivity index (χ1) is 9.73. The minimum absolute atomic E-state index is 0.0570. The van der Waals surface area contributed by atoms with Gasteiger partial charge >= 0.3 is 7.12 Å². The highest BCUT2D eigenvalue weighted by molar-refractivity contribution is 6.64. The third-order valence-electron chi connectivity index (χ3n) is 4.05. The Kier molecular flexibility index (Phi) is 2.22. The van der Waals surface area contributed by atoms with Crippen molar-refractivity contribution in [2.45, 2.75) is 38.9 Å². The second-order valence-corrected chi connectivity index (χ2v) is 5.87. The molecule has 0 spiro atoms. The van der Waals surface area contributed by atoms with Crippen molar-refractivity contribution in [3.63, 3.8) is 0 Å². The van der Waals surface area contributed by atoms with Crippen LogP contribution in [0.1, 0.15) is 30.4 Å². The molecular formula is C15H18BNO2. The molecule has 0 aliphatic carbocycles. The van der Waals surface area contributed by atoms with E-state index in [1.807, 2.05) is 52.0 Å². The Bertz CT molecular complexity index is 702. The normalized spacial score (nSPS) is 22.4. The summed E-state index contributed by atoms with van der Waals surface area (Å²) in [6, 6.07) is 7.59. The lowest BCUT2D eigenvalue weighted by Gasteiger charge is -2.32. The third-order valence-corrected chi connectivity index (χ3v) is 4.05. The SMILES string of the molecule is [2H]c1nc(B2OC(C)(C)C(C)(C)O2)c2ccccc2c1[2H]. The average Bonchev–Trinajstić information content (AvgIpc) is 2.63. The second-order valence-electron chi connectivity index (χ2n) is 5.87. The van der Waals surface area contributed by atoms with Gasteiger partial charge in [-0.2, -0.15) is 0 Å². The number of pyridine rings is 1. The van der Waals surface area contributed by atoms with E-state index in [1.54, 1.807) is 0 Å². The van der Waals surface area contributed by atoms with Crippen molar-refractivity contribution in [1.82, 2.24) is 4.98 Å². The Morgan fingerprint density at radius 1 is 1.11 bits per heavy atom. The van der Waals surface area contributed by atoms with Crippen molar-refractivity contribution >= 4 is 23.5 Å². The number of rotatable bonds is 1. The van der Waals surface area contributed by atoms with Gasteiger partial charge in [0.25, 0.3) is 0 Å². The van der Waals surface area contributed by atoms with Crippen LogP contribution in [0.25, 0.3) is 10.8 Å². The lowest BCUT2D eigenvalue weighted by Crippen LogP contribution is -2.41. The number of hydrogen-bond acceptors (Lipinski definition) is 3. The van der Waals surface area contributed by atoms with E-state index < -0.39 is 18.3 Å². The molecule has 0 unspecified atom stereocenters. The van der Waals surface area contributed by atoms with Gasteiger partial charge in [-0.3, -0.25) is 4.98 Å². The molecule has 1 saturated heterocycles. The minimum Gasteiger partial charge on any atom is -0.398 e. The van der Waals surface area contributed by atoms with Gasteiger partial charge in [-0.05, 0) is 44.5 Å². The van der Waals surface area contributed by atoms with Crippen LogP contribution in [0.4, 0.5) is 0 Å². The van der Waals surface area contributed by atoms with E-state index in [2.05, 4.69) is 4.98 Å². The van der Waals surface area contributed by atoms with Crippen LogP contribution in [0.5, 0.6) is 0 Å². The Labute approximate surface area is 116 Å². The fourth-order valence-electron chi connectivity index (χ4n) is 2.16. The van der Waals surface area contributed by atoms with Crippen molar-refractivity contribution in [3.05, 3.63) is 36.5 Å². The van der Waals surface area contributed by atoms with Crippen LogP contribution in [0.15, 0.2) is 36.5 Å². The summed E-state index contributed by atoms with van der Waals surface area (Å²) in [5, 5.41) is 1.50. The summed E-state index contributed by atoms with van der Waals surface area (Å²) in [7, 11) is -0.621. The number of aromatic nitrogens is 1. The van der Waals surface area contributed by atoms with Gasteiger partial charge in [-0.1, -0.05) is 24.3 Å². The second kappa shape index (κ2) is 4.05. The molecular weight excluding hydrogens is 237 g/mol. The molecule has 0 N–H and O–H groups in total. The Morgan fingerprint density at radius 3 is 2.42 bits per heavy atom. The lowest BCUT2D eigenvalue weighted by atomic mass is 9.81. The summed E-state index contributed by atoms with van der Waals surface area (Å²) in [5.41, 5.74) is -0.338. The van der Waals surface area contributed by atoms with Crippen LogP contribution in [0, 0.1) is 0 Å². The van der Waals surface area contributed by atoms with Crippen LogP contribution in [0.3, 0.4) is 0 Å². The maximum Gasteiger partial charge on any atom is 0.515 e. The molecule has 1 aromatic carbocycles. The van der Waals surface area contributed by atoms with E-state index in [4.69, 9.17) is 12.1 Å². The first-order valence-electron chi connectivity index (χ1n) is 7.44. The quantitative estimate of drug-likeness (QED) is 0.735. The number of hydrogen-bond donors (Lipinski definition) is 0. The first kappa shape index (κ1) is 10.4. The third kappa shape index (κ3) is 1.95. The Morgan fingerprint density at radius 2 is 1.74 bits per heavy atom. The van der Waals surface area contributed by atoms with Gasteiger partial charge < -0.3 is 9.31 Å². The van der Waals surface area contributed by atoms with E-state index in [1.165, 1.54) is 0 Å². The highest BCUT2D eigenvalue weighted by Gasteiger charge is 2.52. The molecule has 3 nitrogen and oxygen atoms in total. The van der Waals surface area contributed by atoms with Gasteiger partial charge in [-0.25, -0.2) is 0 Å². The van der Waals surface area contributed by atoms with Crippen molar-refractivity contribution < 1.29 is 12.1 Å². The summed E-state index contributed by atoms with van der Waals surface area (Å²) < 4.78 is 27.9. The van der Waals surface area contributed by atoms with Crippen LogP contribution >= 0.6 is 0 Å². The molecule has 0 bridgehead atoms. The lowest BCUT2D eigenvalue weighted by molar-refractivity contribution is 0.00578. The van der Waals surface area contributed by atoms with Crippen LogP contribution in [0.2, 0.25) is 0 Å².